The molecule has 0 aliphatic rings. The summed E-state index contributed by atoms with van der Waals surface area (Å²) in [6.07, 6.45) is 6.12. The van der Waals surface area contributed by atoms with Gasteiger partial charge in [-0.3, -0.25) is 0 Å². The molecule has 6 nitrogen and oxygen atoms in total. The van der Waals surface area contributed by atoms with Gasteiger partial charge in [0.05, 0.1) is 11.4 Å². The monoisotopic (exact) mass is 550 g/mol. The number of hydrogen-bond donors (Lipinski definition) is 4. The van der Waals surface area contributed by atoms with Gasteiger partial charge in [0.1, 0.15) is 34.5 Å². The van der Waals surface area contributed by atoms with Gasteiger partial charge in [-0.2, -0.15) is 0 Å². The van der Waals surface area contributed by atoms with Gasteiger partial charge in [-0.25, -0.2) is 0 Å². The number of anilines is 2. The SMILES string of the molecule is C#Cc1cc2c(Oc3ccc(N)c(O)c3)c(-c3ccccc3)ccc2c(Oc2ccc(N)c(O)c2)c1-c1ccccc1. The number of ether oxygens (including phenoxy) is 2. The minimum atomic E-state index is -0.0929. The molecule has 6 heteroatoms. The van der Waals surface area contributed by atoms with E-state index in [4.69, 9.17) is 27.4 Å². The van der Waals surface area contributed by atoms with E-state index in [2.05, 4.69) is 5.92 Å². The van der Waals surface area contributed by atoms with Crippen LogP contribution in [0, 0.1) is 12.3 Å². The third-order valence-corrected chi connectivity index (χ3v) is 6.97. The molecule has 0 aliphatic carbocycles. The molecule has 42 heavy (non-hydrogen) atoms. The second kappa shape index (κ2) is 10.8. The van der Waals surface area contributed by atoms with E-state index in [-0.39, 0.29) is 22.9 Å². The van der Waals surface area contributed by atoms with Crippen LogP contribution in [0.3, 0.4) is 0 Å². The number of nitrogen functional groups attached to an aromatic ring is 2. The zero-order valence-corrected chi connectivity index (χ0v) is 22.4. The van der Waals surface area contributed by atoms with Gasteiger partial charge in [0.25, 0.3) is 0 Å². The van der Waals surface area contributed by atoms with Crippen LogP contribution >= 0.6 is 0 Å². The Balaban J connectivity index is 1.67. The minimum Gasteiger partial charge on any atom is -0.506 e. The van der Waals surface area contributed by atoms with E-state index < -0.39 is 0 Å². The second-order valence-electron chi connectivity index (χ2n) is 9.69. The first kappa shape index (κ1) is 26.2. The van der Waals surface area contributed by atoms with Crippen molar-refractivity contribution in [3.05, 3.63) is 121 Å². The molecule has 0 atom stereocenters. The highest BCUT2D eigenvalue weighted by atomic mass is 16.5. The number of rotatable bonds is 6. The molecule has 204 valence electrons. The van der Waals surface area contributed by atoms with Crippen molar-refractivity contribution < 1.29 is 19.7 Å². The Kier molecular flexibility index (Phi) is 6.75. The van der Waals surface area contributed by atoms with Crippen molar-refractivity contribution in [3.63, 3.8) is 0 Å². The lowest BCUT2D eigenvalue weighted by atomic mass is 9.91. The first-order valence-electron chi connectivity index (χ1n) is 13.2. The Morgan fingerprint density at radius 2 is 1.12 bits per heavy atom. The molecule has 0 amide bonds. The van der Waals surface area contributed by atoms with E-state index in [0.29, 0.717) is 39.5 Å². The van der Waals surface area contributed by atoms with E-state index in [1.165, 1.54) is 12.1 Å². The fraction of sp³-hybridized carbons (Fsp3) is 0. The Hall–Kier alpha value is -6.06. The van der Waals surface area contributed by atoms with Crippen molar-refractivity contribution in [1.82, 2.24) is 0 Å². The Bertz CT molecular complexity index is 1980. The lowest BCUT2D eigenvalue weighted by molar-refractivity contribution is 0.457. The van der Waals surface area contributed by atoms with E-state index in [0.717, 1.165) is 22.1 Å². The maximum atomic E-state index is 10.3. The molecule has 0 heterocycles. The average Bonchev–Trinajstić information content (AvgIpc) is 3.01. The maximum Gasteiger partial charge on any atom is 0.144 e. The lowest BCUT2D eigenvalue weighted by Gasteiger charge is -2.21. The van der Waals surface area contributed by atoms with Crippen LogP contribution < -0.4 is 20.9 Å². The van der Waals surface area contributed by atoms with Gasteiger partial charge in [-0.15, -0.1) is 6.42 Å². The summed E-state index contributed by atoms with van der Waals surface area (Å²) in [5.41, 5.74) is 16.1. The second-order valence-corrected chi connectivity index (χ2v) is 9.69. The Labute approximate surface area is 243 Å². The highest BCUT2D eigenvalue weighted by Gasteiger charge is 2.22. The standard InChI is InChI=1S/C36H26N2O4/c1-2-22-19-29-28(36(34(22)24-11-7-4-8-12-24)42-26-14-18-31(38)33(40)21-26)16-15-27(23-9-5-3-6-10-23)35(29)41-25-13-17-30(37)32(39)20-25/h1,3-21,39-40H,37-38H2. The summed E-state index contributed by atoms with van der Waals surface area (Å²) >= 11 is 0. The number of phenols is 2. The molecule has 6 aromatic rings. The highest BCUT2D eigenvalue weighted by Crippen LogP contribution is 2.48. The number of terminal acetylenes is 1. The molecular weight excluding hydrogens is 524 g/mol. The minimum absolute atomic E-state index is 0.0862. The molecule has 0 saturated heterocycles. The van der Waals surface area contributed by atoms with Crippen LogP contribution in [-0.2, 0) is 0 Å². The number of hydrogen-bond acceptors (Lipinski definition) is 6. The van der Waals surface area contributed by atoms with Crippen LogP contribution in [0.4, 0.5) is 11.4 Å². The number of nitrogens with two attached hydrogens (primary N) is 2. The van der Waals surface area contributed by atoms with Crippen molar-refractivity contribution in [2.75, 3.05) is 11.5 Å². The molecule has 0 bridgehead atoms. The summed E-state index contributed by atoms with van der Waals surface area (Å²) < 4.78 is 13.0. The zero-order chi connectivity index (χ0) is 29.2. The molecule has 0 aromatic heterocycles. The van der Waals surface area contributed by atoms with Gasteiger partial charge < -0.3 is 31.2 Å². The number of phenolic OH excluding ortho intramolecular Hbond substituents is 2. The fourth-order valence-electron chi connectivity index (χ4n) is 4.89. The van der Waals surface area contributed by atoms with Crippen LogP contribution in [-0.4, -0.2) is 10.2 Å². The first-order valence-corrected chi connectivity index (χ1v) is 13.2. The number of fused-ring (bicyclic) bond motifs is 1. The number of benzene rings is 6. The zero-order valence-electron chi connectivity index (χ0n) is 22.4. The predicted molar refractivity (Wildman–Crippen MR) is 168 cm³/mol. The quantitative estimate of drug-likeness (QED) is 0.0943. The molecule has 0 spiro atoms. The van der Waals surface area contributed by atoms with Gasteiger partial charge >= 0.3 is 0 Å². The summed E-state index contributed by atoms with van der Waals surface area (Å²) in [6, 6.07) is 34.8. The highest BCUT2D eigenvalue weighted by molar-refractivity contribution is 6.04. The van der Waals surface area contributed by atoms with Gasteiger partial charge in [-0.1, -0.05) is 66.6 Å². The largest absolute Gasteiger partial charge is 0.506 e. The summed E-state index contributed by atoms with van der Waals surface area (Å²) in [5, 5.41) is 22.0. The van der Waals surface area contributed by atoms with E-state index in [9.17, 15) is 10.2 Å². The molecule has 0 radical (unpaired) electrons. The van der Waals surface area contributed by atoms with Crippen LogP contribution in [0.5, 0.6) is 34.5 Å². The molecule has 0 unspecified atom stereocenters. The van der Waals surface area contributed by atoms with Crippen LogP contribution in [0.1, 0.15) is 5.56 Å². The molecule has 0 fully saturated rings. The van der Waals surface area contributed by atoms with Gasteiger partial charge in [0.15, 0.2) is 0 Å². The van der Waals surface area contributed by atoms with Crippen LogP contribution in [0.2, 0.25) is 0 Å². The predicted octanol–water partition coefficient (Wildman–Crippen LogP) is 8.32. The normalized spacial score (nSPS) is 10.7. The van der Waals surface area contributed by atoms with Crippen molar-refractivity contribution in [3.8, 4) is 69.1 Å². The third kappa shape index (κ3) is 4.87. The molecular formula is C36H26N2O4. The molecule has 6 N–H and O–H groups in total. The van der Waals surface area contributed by atoms with Gasteiger partial charge in [0, 0.05) is 39.6 Å². The smallest absolute Gasteiger partial charge is 0.144 e. The van der Waals surface area contributed by atoms with E-state index in [1.54, 1.807) is 24.3 Å². The van der Waals surface area contributed by atoms with Crippen molar-refractivity contribution in [2.45, 2.75) is 0 Å². The fourth-order valence-corrected chi connectivity index (χ4v) is 4.89. The summed E-state index contributed by atoms with van der Waals surface area (Å²) in [4.78, 5) is 0. The summed E-state index contributed by atoms with van der Waals surface area (Å²) in [5.74, 6) is 4.44. The van der Waals surface area contributed by atoms with Crippen LogP contribution in [0.15, 0.2) is 115 Å². The Morgan fingerprint density at radius 1 is 0.571 bits per heavy atom. The van der Waals surface area contributed by atoms with E-state index in [1.807, 2.05) is 78.9 Å². The summed E-state index contributed by atoms with van der Waals surface area (Å²) in [6.45, 7) is 0. The van der Waals surface area contributed by atoms with E-state index >= 15 is 0 Å². The van der Waals surface area contributed by atoms with Gasteiger partial charge in [-0.05, 0) is 53.6 Å². The van der Waals surface area contributed by atoms with Crippen molar-refractivity contribution in [1.29, 1.82) is 0 Å². The molecule has 6 aromatic carbocycles. The average molecular weight is 551 g/mol. The van der Waals surface area contributed by atoms with Crippen molar-refractivity contribution in [2.24, 2.45) is 0 Å². The maximum absolute atomic E-state index is 10.3. The molecule has 0 saturated carbocycles. The first-order chi connectivity index (χ1) is 20.4. The molecule has 0 aliphatic heterocycles. The third-order valence-electron chi connectivity index (χ3n) is 6.97. The summed E-state index contributed by atoms with van der Waals surface area (Å²) in [7, 11) is 0. The van der Waals surface area contributed by atoms with Crippen molar-refractivity contribution >= 4 is 22.1 Å². The molecule has 6 rings (SSSR count). The lowest BCUT2D eigenvalue weighted by Crippen LogP contribution is -1.97. The van der Waals surface area contributed by atoms with Gasteiger partial charge in [0.2, 0.25) is 0 Å². The Morgan fingerprint density at radius 3 is 1.67 bits per heavy atom. The number of aromatic hydroxyl groups is 2. The topological polar surface area (TPSA) is 111 Å². The van der Waals surface area contributed by atoms with Crippen LogP contribution in [0.25, 0.3) is 33.0 Å².